The summed E-state index contributed by atoms with van der Waals surface area (Å²) in [7, 11) is 2.41. The maximum absolute atomic E-state index is 11.5. The molecule has 0 aliphatic carbocycles. The number of ether oxygens (including phenoxy) is 2. The Morgan fingerprint density at radius 3 is 2.00 bits per heavy atom. The van der Waals surface area contributed by atoms with E-state index in [2.05, 4.69) is 9.47 Å². The van der Waals surface area contributed by atoms with Gasteiger partial charge in [0.15, 0.2) is 0 Å². The summed E-state index contributed by atoms with van der Waals surface area (Å²) in [5, 5.41) is 0. The predicted octanol–water partition coefficient (Wildman–Crippen LogP) is 2.33. The predicted molar refractivity (Wildman–Crippen MR) is 58.5 cm³/mol. The number of hydrogen-bond donors (Lipinski definition) is 0. The molecule has 0 atom stereocenters. The minimum atomic E-state index is -0.777. The van der Waals surface area contributed by atoms with Crippen LogP contribution in [-0.2, 0) is 9.47 Å². The number of imide groups is 1. The molecule has 1 rings (SSSR count). The van der Waals surface area contributed by atoms with E-state index in [1.807, 2.05) is 6.07 Å². The molecule has 0 saturated carbocycles. The van der Waals surface area contributed by atoms with Gasteiger partial charge in [0.05, 0.1) is 19.9 Å². The van der Waals surface area contributed by atoms with E-state index in [1.54, 1.807) is 25.1 Å². The van der Waals surface area contributed by atoms with E-state index in [4.69, 9.17) is 0 Å². The first-order chi connectivity index (χ1) is 7.61. The molecule has 0 aromatic heterocycles. The van der Waals surface area contributed by atoms with Crippen LogP contribution in [0, 0.1) is 6.92 Å². The highest BCUT2D eigenvalue weighted by Crippen LogP contribution is 2.20. The third-order valence-electron chi connectivity index (χ3n) is 2.07. The van der Waals surface area contributed by atoms with Gasteiger partial charge in [0.2, 0.25) is 0 Å². The Bertz CT molecular complexity index is 387. The van der Waals surface area contributed by atoms with Gasteiger partial charge in [-0.05, 0) is 18.6 Å². The number of benzene rings is 1. The molecule has 0 unspecified atom stereocenters. The molecule has 0 aliphatic heterocycles. The number of anilines is 1. The van der Waals surface area contributed by atoms with E-state index in [0.29, 0.717) is 5.69 Å². The number of rotatable bonds is 1. The Morgan fingerprint density at radius 1 is 1.06 bits per heavy atom. The summed E-state index contributed by atoms with van der Waals surface area (Å²) in [4.78, 5) is 23.8. The van der Waals surface area contributed by atoms with E-state index < -0.39 is 12.2 Å². The average Bonchev–Trinajstić information content (AvgIpc) is 2.31. The zero-order valence-electron chi connectivity index (χ0n) is 9.39. The van der Waals surface area contributed by atoms with Crippen LogP contribution in [0.15, 0.2) is 24.3 Å². The maximum atomic E-state index is 11.5. The molecular formula is C11H13NO4. The van der Waals surface area contributed by atoms with Crippen molar-refractivity contribution in [1.29, 1.82) is 0 Å². The van der Waals surface area contributed by atoms with Crippen molar-refractivity contribution in [2.45, 2.75) is 6.92 Å². The quantitative estimate of drug-likeness (QED) is 0.733. The molecule has 0 bridgehead atoms. The van der Waals surface area contributed by atoms with Crippen LogP contribution in [0.3, 0.4) is 0 Å². The normalized spacial score (nSPS) is 9.44. The maximum Gasteiger partial charge on any atom is 0.423 e. The Kier molecular flexibility index (Phi) is 3.88. The topological polar surface area (TPSA) is 55.8 Å². The number of methoxy groups -OCH3 is 2. The third-order valence-corrected chi connectivity index (χ3v) is 2.07. The number of nitrogens with zero attached hydrogens (tertiary/aromatic N) is 1. The summed E-state index contributed by atoms with van der Waals surface area (Å²) < 4.78 is 9.06. The highest BCUT2D eigenvalue weighted by Gasteiger charge is 2.26. The van der Waals surface area contributed by atoms with Gasteiger partial charge in [-0.1, -0.05) is 18.2 Å². The van der Waals surface area contributed by atoms with Crippen LogP contribution in [0.2, 0.25) is 0 Å². The van der Waals surface area contributed by atoms with Gasteiger partial charge in [-0.25, -0.2) is 9.59 Å². The summed E-state index contributed by atoms with van der Waals surface area (Å²) in [5.41, 5.74) is 1.22. The standard InChI is InChI=1S/C11H13NO4/c1-8-6-4-5-7-9(8)12(10(13)15-2)11(14)16-3/h4-7H,1-3H3. The zero-order valence-corrected chi connectivity index (χ0v) is 9.39. The molecule has 0 saturated heterocycles. The van der Waals surface area contributed by atoms with Crippen molar-refractivity contribution in [3.63, 3.8) is 0 Å². The molecule has 0 radical (unpaired) electrons. The minimum absolute atomic E-state index is 0.446. The number of amides is 2. The number of para-hydroxylation sites is 1. The van der Waals surface area contributed by atoms with Crippen molar-refractivity contribution in [2.75, 3.05) is 19.1 Å². The van der Waals surface area contributed by atoms with E-state index in [9.17, 15) is 9.59 Å². The van der Waals surface area contributed by atoms with Gasteiger partial charge in [-0.15, -0.1) is 0 Å². The van der Waals surface area contributed by atoms with E-state index >= 15 is 0 Å². The van der Waals surface area contributed by atoms with Gasteiger partial charge in [-0.2, -0.15) is 4.90 Å². The summed E-state index contributed by atoms with van der Waals surface area (Å²) in [6.07, 6.45) is -1.55. The summed E-state index contributed by atoms with van der Waals surface area (Å²) in [6, 6.07) is 6.96. The molecular weight excluding hydrogens is 210 g/mol. The van der Waals surface area contributed by atoms with Crippen molar-refractivity contribution >= 4 is 17.9 Å². The zero-order chi connectivity index (χ0) is 12.1. The lowest BCUT2D eigenvalue weighted by molar-refractivity contribution is 0.159. The van der Waals surface area contributed by atoms with Gasteiger partial charge < -0.3 is 9.47 Å². The molecule has 0 spiro atoms. The second-order valence-corrected chi connectivity index (χ2v) is 3.06. The van der Waals surface area contributed by atoms with Crippen molar-refractivity contribution in [3.05, 3.63) is 29.8 Å². The van der Waals surface area contributed by atoms with Crippen LogP contribution in [0.4, 0.5) is 15.3 Å². The highest BCUT2D eigenvalue weighted by atomic mass is 16.6. The Balaban J connectivity index is 3.16. The number of hydrogen-bond acceptors (Lipinski definition) is 4. The van der Waals surface area contributed by atoms with Crippen LogP contribution in [0.1, 0.15) is 5.56 Å². The molecule has 5 heteroatoms. The van der Waals surface area contributed by atoms with Crippen LogP contribution < -0.4 is 4.90 Å². The minimum Gasteiger partial charge on any atom is -0.452 e. The first-order valence-electron chi connectivity index (χ1n) is 4.63. The number of carbonyl (C=O) groups is 2. The van der Waals surface area contributed by atoms with Crippen LogP contribution in [0.25, 0.3) is 0 Å². The van der Waals surface area contributed by atoms with Crippen molar-refractivity contribution in [3.8, 4) is 0 Å². The first kappa shape index (κ1) is 12.0. The molecule has 0 N–H and O–H groups in total. The smallest absolute Gasteiger partial charge is 0.423 e. The van der Waals surface area contributed by atoms with Crippen LogP contribution >= 0.6 is 0 Å². The number of carbonyl (C=O) groups excluding carboxylic acids is 2. The molecule has 0 fully saturated rings. The Labute approximate surface area is 93.6 Å². The molecule has 16 heavy (non-hydrogen) atoms. The third kappa shape index (κ3) is 2.31. The molecule has 0 aliphatic rings. The lowest BCUT2D eigenvalue weighted by Gasteiger charge is -2.19. The Hall–Kier alpha value is -2.04. The second kappa shape index (κ2) is 5.16. The fourth-order valence-electron chi connectivity index (χ4n) is 1.27. The largest absolute Gasteiger partial charge is 0.452 e. The average molecular weight is 223 g/mol. The van der Waals surface area contributed by atoms with Crippen LogP contribution in [0.5, 0.6) is 0 Å². The fourth-order valence-corrected chi connectivity index (χ4v) is 1.27. The van der Waals surface area contributed by atoms with Crippen molar-refractivity contribution in [2.24, 2.45) is 0 Å². The van der Waals surface area contributed by atoms with Gasteiger partial charge in [-0.3, -0.25) is 0 Å². The van der Waals surface area contributed by atoms with Gasteiger partial charge in [0.25, 0.3) is 0 Å². The van der Waals surface area contributed by atoms with Gasteiger partial charge in [0.1, 0.15) is 0 Å². The Morgan fingerprint density at radius 2 is 1.56 bits per heavy atom. The summed E-state index contributed by atoms with van der Waals surface area (Å²) in [5.74, 6) is 0. The lowest BCUT2D eigenvalue weighted by atomic mass is 10.2. The van der Waals surface area contributed by atoms with E-state index in [0.717, 1.165) is 10.5 Å². The van der Waals surface area contributed by atoms with Crippen molar-refractivity contribution < 1.29 is 19.1 Å². The highest BCUT2D eigenvalue weighted by molar-refractivity contribution is 6.09. The van der Waals surface area contributed by atoms with Crippen molar-refractivity contribution in [1.82, 2.24) is 0 Å². The summed E-state index contributed by atoms with van der Waals surface area (Å²) in [6.45, 7) is 1.79. The molecule has 1 aromatic carbocycles. The SMILES string of the molecule is COC(=O)N(C(=O)OC)c1ccccc1C. The fraction of sp³-hybridized carbons (Fsp3) is 0.273. The second-order valence-electron chi connectivity index (χ2n) is 3.06. The van der Waals surface area contributed by atoms with Crippen LogP contribution in [-0.4, -0.2) is 26.4 Å². The molecule has 2 amide bonds. The van der Waals surface area contributed by atoms with Gasteiger partial charge in [0, 0.05) is 0 Å². The van der Waals surface area contributed by atoms with E-state index in [1.165, 1.54) is 14.2 Å². The summed E-state index contributed by atoms with van der Waals surface area (Å²) >= 11 is 0. The van der Waals surface area contributed by atoms with E-state index in [-0.39, 0.29) is 0 Å². The lowest BCUT2D eigenvalue weighted by Crippen LogP contribution is -2.37. The monoisotopic (exact) mass is 223 g/mol. The molecule has 1 aromatic rings. The number of aryl methyl sites for hydroxylation is 1. The van der Waals surface area contributed by atoms with Gasteiger partial charge >= 0.3 is 12.2 Å². The molecule has 5 nitrogen and oxygen atoms in total. The molecule has 0 heterocycles. The first-order valence-corrected chi connectivity index (χ1v) is 4.63. The molecule has 86 valence electrons.